The number of guanidine groups is 1. The van der Waals surface area contributed by atoms with Gasteiger partial charge in [0.25, 0.3) is 0 Å². The van der Waals surface area contributed by atoms with Gasteiger partial charge in [0, 0.05) is 25.0 Å². The largest absolute Gasteiger partial charge is 0.454 e. The van der Waals surface area contributed by atoms with Crippen LogP contribution in [0.4, 0.5) is 0 Å². The van der Waals surface area contributed by atoms with Crippen molar-refractivity contribution in [1.82, 2.24) is 10.2 Å². The topological polar surface area (TPSA) is 81.3 Å². The van der Waals surface area contributed by atoms with Crippen LogP contribution in [0.3, 0.4) is 0 Å². The zero-order chi connectivity index (χ0) is 19.9. The SMILES string of the molecule is I.NC(=NCC1(c2ccc3c(c2)OCO3)CCCCC1)NCCCN1CCOCC1. The fourth-order valence-corrected chi connectivity index (χ4v) is 4.63. The second kappa shape index (κ2) is 11.4. The van der Waals surface area contributed by atoms with Crippen LogP contribution in [0, 0.1) is 0 Å². The Morgan fingerprint density at radius 1 is 1.10 bits per heavy atom. The third-order valence-electron chi connectivity index (χ3n) is 6.41. The van der Waals surface area contributed by atoms with Crippen molar-refractivity contribution in [2.75, 3.05) is 52.7 Å². The number of aliphatic imine (C=N–C) groups is 1. The van der Waals surface area contributed by atoms with Crippen LogP contribution in [0.15, 0.2) is 23.2 Å². The van der Waals surface area contributed by atoms with Crippen LogP contribution in [0.5, 0.6) is 11.5 Å². The van der Waals surface area contributed by atoms with Gasteiger partial charge in [-0.3, -0.25) is 9.89 Å². The summed E-state index contributed by atoms with van der Waals surface area (Å²) in [5, 5.41) is 3.30. The number of halogens is 1. The Bertz CT molecular complexity index is 704. The van der Waals surface area contributed by atoms with Crippen molar-refractivity contribution in [3.05, 3.63) is 23.8 Å². The summed E-state index contributed by atoms with van der Waals surface area (Å²) in [6, 6.07) is 6.36. The molecule has 0 aromatic heterocycles. The van der Waals surface area contributed by atoms with Crippen molar-refractivity contribution in [3.8, 4) is 11.5 Å². The minimum atomic E-state index is 0. The predicted molar refractivity (Wildman–Crippen MR) is 129 cm³/mol. The Morgan fingerprint density at radius 3 is 2.67 bits per heavy atom. The van der Waals surface area contributed by atoms with Gasteiger partial charge < -0.3 is 25.3 Å². The standard InChI is InChI=1S/C22H34N4O3.HI/c23-21(24-9-4-10-26-11-13-27-14-12-26)25-16-22(7-2-1-3-8-22)18-5-6-19-20(15-18)29-17-28-19;/h5-6,15H,1-4,7-14,16-17H2,(H3,23,24,25);1H. The van der Waals surface area contributed by atoms with E-state index in [9.17, 15) is 0 Å². The number of hydrogen-bond donors (Lipinski definition) is 2. The molecule has 1 aromatic carbocycles. The molecular weight excluding hydrogens is 495 g/mol. The van der Waals surface area contributed by atoms with Crippen molar-refractivity contribution in [2.24, 2.45) is 10.7 Å². The average Bonchev–Trinajstić information content (AvgIpc) is 3.25. The number of ether oxygens (including phenoxy) is 3. The highest BCUT2D eigenvalue weighted by atomic mass is 127. The van der Waals surface area contributed by atoms with Gasteiger partial charge >= 0.3 is 0 Å². The van der Waals surface area contributed by atoms with E-state index in [2.05, 4.69) is 22.3 Å². The van der Waals surface area contributed by atoms with Crippen LogP contribution in [-0.2, 0) is 10.2 Å². The van der Waals surface area contributed by atoms with E-state index in [1.807, 2.05) is 6.07 Å². The number of nitrogens with one attached hydrogen (secondary N) is 1. The molecule has 7 nitrogen and oxygen atoms in total. The van der Waals surface area contributed by atoms with E-state index < -0.39 is 0 Å². The first-order valence-electron chi connectivity index (χ1n) is 11.0. The Balaban J connectivity index is 0.00000256. The first-order valence-corrected chi connectivity index (χ1v) is 11.0. The van der Waals surface area contributed by atoms with E-state index in [0.29, 0.717) is 12.8 Å². The van der Waals surface area contributed by atoms with Gasteiger partial charge in [0.15, 0.2) is 17.5 Å². The zero-order valence-corrected chi connectivity index (χ0v) is 20.1. The number of rotatable bonds is 7. The molecule has 8 heteroatoms. The lowest BCUT2D eigenvalue weighted by atomic mass is 9.69. The normalized spacial score (nSPS) is 21.1. The Labute approximate surface area is 196 Å². The Hall–Kier alpha value is -1.26. The number of nitrogens with two attached hydrogens (primary N) is 1. The van der Waals surface area contributed by atoms with Gasteiger partial charge in [-0.15, -0.1) is 24.0 Å². The fraction of sp³-hybridized carbons (Fsp3) is 0.682. The monoisotopic (exact) mass is 530 g/mol. The molecule has 0 radical (unpaired) electrons. The minimum Gasteiger partial charge on any atom is -0.454 e. The van der Waals surface area contributed by atoms with Crippen LogP contribution in [0.1, 0.15) is 44.1 Å². The molecular formula is C22H35IN4O3. The fourth-order valence-electron chi connectivity index (χ4n) is 4.63. The van der Waals surface area contributed by atoms with Crippen LogP contribution in [-0.4, -0.2) is 63.6 Å². The molecule has 2 aliphatic heterocycles. The van der Waals surface area contributed by atoms with Crippen LogP contribution in [0.25, 0.3) is 0 Å². The molecule has 1 aliphatic carbocycles. The molecule has 168 valence electrons. The first-order chi connectivity index (χ1) is 14.3. The molecule has 3 N–H and O–H groups in total. The zero-order valence-electron chi connectivity index (χ0n) is 17.7. The van der Waals surface area contributed by atoms with Crippen LogP contribution >= 0.6 is 24.0 Å². The molecule has 0 amide bonds. The van der Waals surface area contributed by atoms with E-state index in [0.717, 1.165) is 76.7 Å². The van der Waals surface area contributed by atoms with Gasteiger partial charge in [0.05, 0.1) is 19.8 Å². The van der Waals surface area contributed by atoms with Gasteiger partial charge in [-0.25, -0.2) is 0 Å². The van der Waals surface area contributed by atoms with Crippen molar-refractivity contribution in [3.63, 3.8) is 0 Å². The van der Waals surface area contributed by atoms with Crippen molar-refractivity contribution < 1.29 is 14.2 Å². The predicted octanol–water partition coefficient (Wildman–Crippen LogP) is 2.86. The maximum absolute atomic E-state index is 6.20. The van der Waals surface area contributed by atoms with Crippen LogP contribution in [0.2, 0.25) is 0 Å². The average molecular weight is 530 g/mol. The summed E-state index contributed by atoms with van der Waals surface area (Å²) in [5.41, 5.74) is 7.54. The Morgan fingerprint density at radius 2 is 1.87 bits per heavy atom. The van der Waals surface area contributed by atoms with Crippen molar-refractivity contribution in [2.45, 2.75) is 43.9 Å². The van der Waals surface area contributed by atoms with Gasteiger partial charge in [-0.05, 0) is 43.5 Å². The molecule has 0 bridgehead atoms. The summed E-state index contributed by atoms with van der Waals surface area (Å²) >= 11 is 0. The summed E-state index contributed by atoms with van der Waals surface area (Å²) in [4.78, 5) is 7.19. The molecule has 3 aliphatic rings. The first kappa shape index (κ1) is 23.4. The maximum Gasteiger partial charge on any atom is 0.231 e. The molecule has 1 saturated heterocycles. The van der Waals surface area contributed by atoms with Gasteiger partial charge in [0.2, 0.25) is 6.79 Å². The van der Waals surface area contributed by atoms with Crippen molar-refractivity contribution in [1.29, 1.82) is 0 Å². The molecule has 0 unspecified atom stereocenters. The van der Waals surface area contributed by atoms with E-state index in [4.69, 9.17) is 24.9 Å². The highest BCUT2D eigenvalue weighted by molar-refractivity contribution is 14.0. The van der Waals surface area contributed by atoms with Gasteiger partial charge in [-0.1, -0.05) is 25.3 Å². The van der Waals surface area contributed by atoms with Crippen LogP contribution < -0.4 is 20.5 Å². The molecule has 1 saturated carbocycles. The lowest BCUT2D eigenvalue weighted by Crippen LogP contribution is -2.40. The number of benzene rings is 1. The Kier molecular flexibility index (Phi) is 8.88. The lowest BCUT2D eigenvalue weighted by molar-refractivity contribution is 0.0376. The van der Waals surface area contributed by atoms with E-state index in [1.54, 1.807) is 0 Å². The van der Waals surface area contributed by atoms with Crippen molar-refractivity contribution >= 4 is 29.9 Å². The molecule has 0 atom stereocenters. The highest BCUT2D eigenvalue weighted by Gasteiger charge is 2.35. The van der Waals surface area contributed by atoms with E-state index in [-0.39, 0.29) is 29.4 Å². The lowest BCUT2D eigenvalue weighted by Gasteiger charge is -2.36. The summed E-state index contributed by atoms with van der Waals surface area (Å²) in [5.74, 6) is 2.24. The summed E-state index contributed by atoms with van der Waals surface area (Å²) in [6.07, 6.45) is 7.10. The second-order valence-electron chi connectivity index (χ2n) is 8.34. The molecule has 1 aromatic rings. The van der Waals surface area contributed by atoms with E-state index in [1.165, 1.54) is 24.8 Å². The number of fused-ring (bicyclic) bond motifs is 1. The minimum absolute atomic E-state index is 0. The van der Waals surface area contributed by atoms with Gasteiger partial charge in [0.1, 0.15) is 0 Å². The highest BCUT2D eigenvalue weighted by Crippen LogP contribution is 2.43. The molecule has 4 rings (SSSR count). The smallest absolute Gasteiger partial charge is 0.231 e. The van der Waals surface area contributed by atoms with E-state index >= 15 is 0 Å². The number of nitrogens with zero attached hydrogens (tertiary/aromatic N) is 2. The molecule has 2 heterocycles. The molecule has 0 spiro atoms. The maximum atomic E-state index is 6.20. The number of morpholine rings is 1. The summed E-state index contributed by atoms with van der Waals surface area (Å²) in [7, 11) is 0. The third kappa shape index (κ3) is 5.91. The molecule has 2 fully saturated rings. The number of hydrogen-bond acceptors (Lipinski definition) is 5. The third-order valence-corrected chi connectivity index (χ3v) is 6.41. The summed E-state index contributed by atoms with van der Waals surface area (Å²) in [6.45, 7) is 6.70. The van der Waals surface area contributed by atoms with Gasteiger partial charge in [-0.2, -0.15) is 0 Å². The molecule has 30 heavy (non-hydrogen) atoms. The quantitative estimate of drug-likeness (QED) is 0.244. The summed E-state index contributed by atoms with van der Waals surface area (Å²) < 4.78 is 16.5. The second-order valence-corrected chi connectivity index (χ2v) is 8.34.